The third-order valence-electron chi connectivity index (χ3n) is 1.86. The Morgan fingerprint density at radius 1 is 1.73 bits per heavy atom. The van der Waals surface area contributed by atoms with Gasteiger partial charge in [0.05, 0.1) is 5.69 Å². The van der Waals surface area contributed by atoms with Gasteiger partial charge in [0.15, 0.2) is 0 Å². The first-order valence-electron chi connectivity index (χ1n) is 4.75. The van der Waals surface area contributed by atoms with E-state index in [2.05, 4.69) is 26.2 Å². The van der Waals surface area contributed by atoms with E-state index in [1.165, 1.54) is 0 Å². The van der Waals surface area contributed by atoms with Gasteiger partial charge in [-0.1, -0.05) is 0 Å². The summed E-state index contributed by atoms with van der Waals surface area (Å²) in [6.45, 7) is 1.88. The Hall–Kier alpha value is -0.940. The summed E-state index contributed by atoms with van der Waals surface area (Å²) < 4.78 is 0.638. The molecule has 0 bridgehead atoms. The average Bonchev–Trinajstić information content (AvgIpc) is 2.18. The van der Waals surface area contributed by atoms with Crippen LogP contribution in [0.3, 0.4) is 0 Å². The number of hydrogen-bond donors (Lipinski definition) is 2. The molecule has 0 radical (unpaired) electrons. The van der Waals surface area contributed by atoms with Crippen molar-refractivity contribution < 1.29 is 4.79 Å². The number of nitrogens with zero attached hydrogens (tertiary/aromatic N) is 1. The van der Waals surface area contributed by atoms with Crippen molar-refractivity contribution in [1.29, 1.82) is 0 Å². The minimum absolute atomic E-state index is 0.0407. The molecule has 0 aromatic carbocycles. The molecule has 0 saturated heterocycles. The highest BCUT2D eigenvalue weighted by Crippen LogP contribution is 2.18. The van der Waals surface area contributed by atoms with E-state index in [0.717, 1.165) is 0 Å². The van der Waals surface area contributed by atoms with Crippen molar-refractivity contribution >= 4 is 27.5 Å². The summed E-state index contributed by atoms with van der Waals surface area (Å²) >= 11 is 3.25. The molecule has 0 spiro atoms. The number of pyridine rings is 1. The Labute approximate surface area is 97.4 Å². The summed E-state index contributed by atoms with van der Waals surface area (Å²) in [5, 5.41) is 2.76. The van der Waals surface area contributed by atoms with E-state index in [1.54, 1.807) is 18.3 Å². The van der Waals surface area contributed by atoms with Gasteiger partial charge in [0.1, 0.15) is 4.60 Å². The summed E-state index contributed by atoms with van der Waals surface area (Å²) in [6, 6.07) is 3.61. The van der Waals surface area contributed by atoms with Gasteiger partial charge in [0.25, 0.3) is 0 Å². The quantitative estimate of drug-likeness (QED) is 0.823. The van der Waals surface area contributed by atoms with Crippen molar-refractivity contribution in [3.63, 3.8) is 0 Å². The minimum atomic E-state index is -0.0407. The van der Waals surface area contributed by atoms with Crippen LogP contribution in [0.1, 0.15) is 19.8 Å². The second-order valence-electron chi connectivity index (χ2n) is 3.41. The van der Waals surface area contributed by atoms with Crippen LogP contribution < -0.4 is 11.1 Å². The number of hydrogen-bond acceptors (Lipinski definition) is 3. The highest BCUT2D eigenvalue weighted by atomic mass is 79.9. The number of halogens is 1. The van der Waals surface area contributed by atoms with Gasteiger partial charge in [-0.2, -0.15) is 0 Å². The molecule has 15 heavy (non-hydrogen) atoms. The van der Waals surface area contributed by atoms with E-state index in [1.807, 2.05) is 6.92 Å². The first-order valence-corrected chi connectivity index (χ1v) is 5.55. The molecule has 1 unspecified atom stereocenters. The zero-order chi connectivity index (χ0) is 11.3. The van der Waals surface area contributed by atoms with Crippen molar-refractivity contribution in [2.24, 2.45) is 5.73 Å². The second kappa shape index (κ2) is 5.82. The first kappa shape index (κ1) is 12.1. The van der Waals surface area contributed by atoms with Gasteiger partial charge in [-0.05, 0) is 41.4 Å². The van der Waals surface area contributed by atoms with Crippen LogP contribution in [0.15, 0.2) is 22.9 Å². The topological polar surface area (TPSA) is 68.0 Å². The molecular weight excluding hydrogens is 258 g/mol. The fraction of sp³-hybridized carbons (Fsp3) is 0.400. The molecule has 0 aliphatic carbocycles. The zero-order valence-corrected chi connectivity index (χ0v) is 10.1. The molecule has 1 rings (SSSR count). The van der Waals surface area contributed by atoms with Crippen molar-refractivity contribution in [3.8, 4) is 0 Å². The highest BCUT2D eigenvalue weighted by Gasteiger charge is 2.06. The smallest absolute Gasteiger partial charge is 0.224 e. The number of carbonyl (C=O) groups excluding carboxylic acids is 1. The van der Waals surface area contributed by atoms with Crippen molar-refractivity contribution in [2.75, 3.05) is 5.32 Å². The van der Waals surface area contributed by atoms with Crippen LogP contribution >= 0.6 is 15.9 Å². The second-order valence-corrected chi connectivity index (χ2v) is 4.16. The van der Waals surface area contributed by atoms with Crippen LogP contribution in [-0.2, 0) is 4.79 Å². The summed E-state index contributed by atoms with van der Waals surface area (Å²) in [5.41, 5.74) is 6.25. The molecular formula is C10H14BrN3O. The Kier molecular flexibility index (Phi) is 4.71. The van der Waals surface area contributed by atoms with E-state index >= 15 is 0 Å². The van der Waals surface area contributed by atoms with Crippen LogP contribution in [0, 0.1) is 0 Å². The summed E-state index contributed by atoms with van der Waals surface area (Å²) in [6.07, 6.45) is 2.77. The summed E-state index contributed by atoms with van der Waals surface area (Å²) in [5.74, 6) is -0.0407. The fourth-order valence-corrected chi connectivity index (χ4v) is 1.40. The van der Waals surface area contributed by atoms with Gasteiger partial charge in [-0.25, -0.2) is 4.98 Å². The molecule has 0 fully saturated rings. The highest BCUT2D eigenvalue weighted by molar-refractivity contribution is 9.10. The van der Waals surface area contributed by atoms with E-state index in [0.29, 0.717) is 23.1 Å². The average molecular weight is 272 g/mol. The first-order chi connectivity index (χ1) is 7.09. The number of nitrogens with one attached hydrogen (secondary N) is 1. The number of carbonyl (C=O) groups is 1. The standard InChI is InChI=1S/C10H14BrN3O/c1-7(12)4-5-9(15)14-8-3-2-6-13-10(8)11/h2-3,6-7H,4-5,12H2,1H3,(H,14,15). The van der Waals surface area contributed by atoms with Gasteiger partial charge in [0.2, 0.25) is 5.91 Å². The lowest BCUT2D eigenvalue weighted by Gasteiger charge is -2.07. The predicted octanol–water partition coefficient (Wildman–Crippen LogP) is 1.91. The van der Waals surface area contributed by atoms with Crippen molar-refractivity contribution in [3.05, 3.63) is 22.9 Å². The largest absolute Gasteiger partial charge is 0.328 e. The predicted molar refractivity (Wildman–Crippen MR) is 63.5 cm³/mol. The molecule has 1 atom stereocenters. The number of nitrogens with two attached hydrogens (primary N) is 1. The molecule has 1 amide bonds. The Morgan fingerprint density at radius 2 is 2.47 bits per heavy atom. The Bertz CT molecular complexity index is 341. The maximum absolute atomic E-state index is 11.5. The van der Waals surface area contributed by atoms with Crippen LogP contribution in [0.4, 0.5) is 5.69 Å². The number of amides is 1. The fourth-order valence-electron chi connectivity index (χ4n) is 1.05. The van der Waals surface area contributed by atoms with Gasteiger partial charge in [-0.15, -0.1) is 0 Å². The van der Waals surface area contributed by atoms with Crippen LogP contribution in [-0.4, -0.2) is 16.9 Å². The lowest BCUT2D eigenvalue weighted by molar-refractivity contribution is -0.116. The third kappa shape index (κ3) is 4.40. The van der Waals surface area contributed by atoms with E-state index < -0.39 is 0 Å². The minimum Gasteiger partial charge on any atom is -0.328 e. The molecule has 5 heteroatoms. The van der Waals surface area contributed by atoms with Crippen LogP contribution in [0.5, 0.6) is 0 Å². The van der Waals surface area contributed by atoms with E-state index in [-0.39, 0.29) is 11.9 Å². The van der Waals surface area contributed by atoms with Crippen molar-refractivity contribution in [2.45, 2.75) is 25.8 Å². The zero-order valence-electron chi connectivity index (χ0n) is 8.53. The van der Waals surface area contributed by atoms with E-state index in [4.69, 9.17) is 5.73 Å². The van der Waals surface area contributed by atoms with Crippen LogP contribution in [0.25, 0.3) is 0 Å². The molecule has 0 saturated carbocycles. The van der Waals surface area contributed by atoms with Gasteiger partial charge >= 0.3 is 0 Å². The molecule has 0 aliphatic rings. The Morgan fingerprint density at radius 3 is 3.07 bits per heavy atom. The molecule has 0 aliphatic heterocycles. The van der Waals surface area contributed by atoms with E-state index in [9.17, 15) is 4.79 Å². The number of aromatic nitrogens is 1. The van der Waals surface area contributed by atoms with Gasteiger partial charge in [-0.3, -0.25) is 4.79 Å². The number of anilines is 1. The lowest BCUT2D eigenvalue weighted by atomic mass is 10.2. The number of rotatable bonds is 4. The molecule has 1 aromatic heterocycles. The maximum atomic E-state index is 11.5. The molecule has 3 N–H and O–H groups in total. The monoisotopic (exact) mass is 271 g/mol. The SMILES string of the molecule is CC(N)CCC(=O)Nc1cccnc1Br. The summed E-state index contributed by atoms with van der Waals surface area (Å²) in [7, 11) is 0. The van der Waals surface area contributed by atoms with Crippen molar-refractivity contribution in [1.82, 2.24) is 4.98 Å². The molecule has 4 nitrogen and oxygen atoms in total. The molecule has 82 valence electrons. The molecule has 1 aromatic rings. The normalized spacial score (nSPS) is 12.2. The van der Waals surface area contributed by atoms with Gasteiger partial charge < -0.3 is 11.1 Å². The summed E-state index contributed by atoms with van der Waals surface area (Å²) in [4.78, 5) is 15.5. The molecule has 1 heterocycles. The Balaban J connectivity index is 2.48. The third-order valence-corrected chi connectivity index (χ3v) is 2.49. The van der Waals surface area contributed by atoms with Gasteiger partial charge in [0, 0.05) is 18.7 Å². The lowest BCUT2D eigenvalue weighted by Crippen LogP contribution is -2.19. The maximum Gasteiger partial charge on any atom is 0.224 e. The van der Waals surface area contributed by atoms with Crippen LogP contribution in [0.2, 0.25) is 0 Å².